The molecule has 1 aliphatic rings. The zero-order valence-electron chi connectivity index (χ0n) is 17.1. The highest BCUT2D eigenvalue weighted by molar-refractivity contribution is 6.35. The summed E-state index contributed by atoms with van der Waals surface area (Å²) in [6, 6.07) is 6.99. The van der Waals surface area contributed by atoms with Crippen molar-refractivity contribution in [1.29, 1.82) is 5.26 Å². The van der Waals surface area contributed by atoms with Gasteiger partial charge < -0.3 is 16.4 Å². The van der Waals surface area contributed by atoms with Crippen LogP contribution in [-0.4, -0.2) is 32.1 Å². The molecule has 1 fully saturated rings. The molecule has 9 nitrogen and oxygen atoms in total. The minimum absolute atomic E-state index is 0.0919. The van der Waals surface area contributed by atoms with Gasteiger partial charge in [0.05, 0.1) is 22.0 Å². The molecule has 2 atom stereocenters. The van der Waals surface area contributed by atoms with Gasteiger partial charge in [0.25, 0.3) is 5.56 Å². The average molecular weight is 439 g/mol. The minimum atomic E-state index is -0.430. The Kier molecular flexibility index (Phi) is 6.02. The first-order valence-electron chi connectivity index (χ1n) is 10.2. The van der Waals surface area contributed by atoms with Crippen LogP contribution in [-0.2, 0) is 6.54 Å². The molecule has 1 aromatic carbocycles. The number of hydrogen-bond acceptors (Lipinski definition) is 8. The summed E-state index contributed by atoms with van der Waals surface area (Å²) in [4.78, 5) is 26.2. The zero-order chi connectivity index (χ0) is 22.0. The SMILES string of the molecule is C[C@H](Nc1ncnc(N)c1C#N)c1nc2cccc(Cl)c2c(=O)n1CC1CCCCN1. The Hall–Kier alpha value is -3.22. The highest BCUT2D eigenvalue weighted by Crippen LogP contribution is 2.25. The summed E-state index contributed by atoms with van der Waals surface area (Å²) in [5.74, 6) is 0.924. The van der Waals surface area contributed by atoms with E-state index in [-0.39, 0.29) is 23.0 Å². The monoisotopic (exact) mass is 438 g/mol. The Morgan fingerprint density at radius 2 is 2.26 bits per heavy atom. The predicted octanol–water partition coefficient (Wildman–Crippen LogP) is 2.61. The number of anilines is 2. The van der Waals surface area contributed by atoms with Crippen LogP contribution < -0.4 is 21.9 Å². The highest BCUT2D eigenvalue weighted by Gasteiger charge is 2.23. The van der Waals surface area contributed by atoms with Gasteiger partial charge in [0.1, 0.15) is 35.4 Å². The van der Waals surface area contributed by atoms with Gasteiger partial charge in [-0.05, 0) is 38.4 Å². The third-order valence-corrected chi connectivity index (χ3v) is 5.82. The molecule has 4 N–H and O–H groups in total. The summed E-state index contributed by atoms with van der Waals surface area (Å²) in [5.41, 5.74) is 6.30. The van der Waals surface area contributed by atoms with Crippen LogP contribution in [0.4, 0.5) is 11.6 Å². The number of fused-ring (bicyclic) bond motifs is 1. The van der Waals surface area contributed by atoms with Crippen LogP contribution in [0.25, 0.3) is 10.9 Å². The Labute approximate surface area is 184 Å². The molecule has 0 radical (unpaired) electrons. The summed E-state index contributed by atoms with van der Waals surface area (Å²) in [7, 11) is 0. The third-order valence-electron chi connectivity index (χ3n) is 5.51. The molecule has 160 valence electrons. The standard InChI is InChI=1S/C21H23ClN8O/c1-12(28-19-14(9-23)18(24)26-11-27-19)20-29-16-7-4-6-15(22)17(16)21(31)30(20)10-13-5-2-3-8-25-13/h4,6-7,11-13,25H,2-3,5,8,10H2,1H3,(H3,24,26,27,28)/t12-,13?/m0/s1. The van der Waals surface area contributed by atoms with Crippen LogP contribution in [0.3, 0.4) is 0 Å². The van der Waals surface area contributed by atoms with Gasteiger partial charge in [-0.3, -0.25) is 9.36 Å². The van der Waals surface area contributed by atoms with Gasteiger partial charge in [0.15, 0.2) is 0 Å². The molecular weight excluding hydrogens is 416 g/mol. The lowest BCUT2D eigenvalue weighted by atomic mass is 10.0. The predicted molar refractivity (Wildman–Crippen MR) is 120 cm³/mol. The van der Waals surface area contributed by atoms with Gasteiger partial charge in [-0.25, -0.2) is 15.0 Å². The van der Waals surface area contributed by atoms with E-state index in [1.54, 1.807) is 22.8 Å². The molecule has 3 aromatic rings. The number of nitriles is 1. The van der Waals surface area contributed by atoms with E-state index in [0.717, 1.165) is 25.8 Å². The largest absolute Gasteiger partial charge is 0.382 e. The molecule has 1 saturated heterocycles. The van der Waals surface area contributed by atoms with E-state index in [1.807, 2.05) is 13.0 Å². The van der Waals surface area contributed by atoms with E-state index in [1.165, 1.54) is 6.33 Å². The van der Waals surface area contributed by atoms with Crippen molar-refractivity contribution < 1.29 is 0 Å². The molecule has 31 heavy (non-hydrogen) atoms. The van der Waals surface area contributed by atoms with Gasteiger partial charge in [-0.2, -0.15) is 5.26 Å². The fraction of sp³-hybridized carbons (Fsp3) is 0.381. The molecular formula is C21H23ClN8O. The quantitative estimate of drug-likeness (QED) is 0.553. The van der Waals surface area contributed by atoms with Crippen molar-refractivity contribution in [1.82, 2.24) is 24.8 Å². The summed E-state index contributed by atoms with van der Waals surface area (Å²) in [6.07, 6.45) is 4.51. The number of rotatable bonds is 5. The van der Waals surface area contributed by atoms with Crippen LogP contribution in [0.2, 0.25) is 5.02 Å². The Balaban J connectivity index is 1.80. The molecule has 3 heterocycles. The highest BCUT2D eigenvalue weighted by atomic mass is 35.5. The minimum Gasteiger partial charge on any atom is -0.382 e. The molecule has 0 amide bonds. The number of nitrogens with zero attached hydrogens (tertiary/aromatic N) is 5. The summed E-state index contributed by atoms with van der Waals surface area (Å²) in [5, 5.41) is 16.9. The van der Waals surface area contributed by atoms with Crippen LogP contribution >= 0.6 is 11.6 Å². The second-order valence-corrected chi connectivity index (χ2v) is 8.03. The van der Waals surface area contributed by atoms with Crippen molar-refractivity contribution >= 4 is 34.1 Å². The fourth-order valence-electron chi connectivity index (χ4n) is 3.94. The molecule has 4 rings (SSSR count). The normalized spacial score (nSPS) is 17.3. The molecule has 1 unspecified atom stereocenters. The average Bonchev–Trinajstić information content (AvgIpc) is 2.76. The number of hydrogen-bond donors (Lipinski definition) is 3. The molecule has 0 aliphatic carbocycles. The van der Waals surface area contributed by atoms with E-state index >= 15 is 0 Å². The van der Waals surface area contributed by atoms with Crippen molar-refractivity contribution in [2.45, 2.75) is 44.8 Å². The lowest BCUT2D eigenvalue weighted by Gasteiger charge is -2.27. The molecule has 10 heteroatoms. The second-order valence-electron chi connectivity index (χ2n) is 7.63. The van der Waals surface area contributed by atoms with Gasteiger partial charge >= 0.3 is 0 Å². The van der Waals surface area contributed by atoms with E-state index in [2.05, 4.69) is 20.6 Å². The Bertz CT molecular complexity index is 1210. The van der Waals surface area contributed by atoms with Crippen LogP contribution in [0.5, 0.6) is 0 Å². The third kappa shape index (κ3) is 4.17. The number of nitrogens with two attached hydrogens (primary N) is 1. The zero-order valence-corrected chi connectivity index (χ0v) is 17.9. The first-order chi connectivity index (χ1) is 15.0. The van der Waals surface area contributed by atoms with Crippen molar-refractivity contribution in [2.75, 3.05) is 17.6 Å². The maximum atomic E-state index is 13.5. The maximum Gasteiger partial charge on any atom is 0.263 e. The number of benzene rings is 1. The first-order valence-corrected chi connectivity index (χ1v) is 10.6. The Morgan fingerprint density at radius 1 is 1.42 bits per heavy atom. The fourth-order valence-corrected chi connectivity index (χ4v) is 4.19. The molecule has 0 spiro atoms. The van der Waals surface area contributed by atoms with E-state index in [0.29, 0.717) is 34.1 Å². The van der Waals surface area contributed by atoms with E-state index in [9.17, 15) is 10.1 Å². The van der Waals surface area contributed by atoms with Crippen LogP contribution in [0.15, 0.2) is 29.3 Å². The van der Waals surface area contributed by atoms with Crippen LogP contribution in [0.1, 0.15) is 43.6 Å². The first kappa shape index (κ1) is 21.0. The topological polar surface area (TPSA) is 135 Å². The smallest absolute Gasteiger partial charge is 0.263 e. The number of nitrogens with one attached hydrogen (secondary N) is 2. The van der Waals surface area contributed by atoms with E-state index < -0.39 is 6.04 Å². The summed E-state index contributed by atoms with van der Waals surface area (Å²) >= 11 is 6.34. The number of halogens is 1. The van der Waals surface area contributed by atoms with Gasteiger partial charge in [-0.15, -0.1) is 0 Å². The molecule has 2 aromatic heterocycles. The maximum absolute atomic E-state index is 13.5. The molecule has 0 bridgehead atoms. The van der Waals surface area contributed by atoms with Gasteiger partial charge in [0.2, 0.25) is 0 Å². The van der Waals surface area contributed by atoms with Crippen molar-refractivity contribution in [3.05, 3.63) is 51.3 Å². The molecule has 0 saturated carbocycles. The van der Waals surface area contributed by atoms with E-state index in [4.69, 9.17) is 22.3 Å². The summed E-state index contributed by atoms with van der Waals surface area (Å²) < 4.78 is 1.67. The second kappa shape index (κ2) is 8.88. The van der Waals surface area contributed by atoms with Crippen molar-refractivity contribution in [2.24, 2.45) is 0 Å². The number of aromatic nitrogens is 4. The van der Waals surface area contributed by atoms with Gasteiger partial charge in [-0.1, -0.05) is 24.1 Å². The van der Waals surface area contributed by atoms with Gasteiger partial charge in [0, 0.05) is 12.6 Å². The van der Waals surface area contributed by atoms with Crippen molar-refractivity contribution in [3.63, 3.8) is 0 Å². The van der Waals surface area contributed by atoms with Crippen molar-refractivity contribution in [3.8, 4) is 6.07 Å². The molecule has 1 aliphatic heterocycles. The lowest BCUT2D eigenvalue weighted by molar-refractivity contribution is 0.353. The Morgan fingerprint density at radius 3 is 3.00 bits per heavy atom. The number of nitrogen functional groups attached to an aromatic ring is 1. The van der Waals surface area contributed by atoms with Crippen LogP contribution in [0, 0.1) is 11.3 Å². The lowest BCUT2D eigenvalue weighted by Crippen LogP contribution is -2.41. The summed E-state index contributed by atoms with van der Waals surface area (Å²) in [6.45, 7) is 3.27. The number of piperidine rings is 1.